The largest absolute Gasteiger partial charge is 0.478 e. The van der Waals surface area contributed by atoms with Crippen LogP contribution >= 0.6 is 31.9 Å². The summed E-state index contributed by atoms with van der Waals surface area (Å²) in [7, 11) is 0. The van der Waals surface area contributed by atoms with E-state index in [9.17, 15) is 4.79 Å². The molecule has 0 bridgehead atoms. The summed E-state index contributed by atoms with van der Waals surface area (Å²) < 4.78 is 3.04. The van der Waals surface area contributed by atoms with Crippen LogP contribution in [-0.2, 0) is 0 Å². The highest BCUT2D eigenvalue weighted by Crippen LogP contribution is 2.25. The molecule has 6 heteroatoms. The molecule has 0 saturated carbocycles. The van der Waals surface area contributed by atoms with Gasteiger partial charge in [0.1, 0.15) is 5.56 Å². The van der Waals surface area contributed by atoms with Gasteiger partial charge in [-0.2, -0.15) is 5.10 Å². The Labute approximate surface area is 95.8 Å². The first kappa shape index (κ1) is 9.67. The molecule has 0 aliphatic carbocycles. The molecule has 0 aromatic carbocycles. The maximum Gasteiger partial charge on any atom is 0.339 e. The van der Waals surface area contributed by atoms with Crippen molar-refractivity contribution in [3.8, 4) is 0 Å². The normalized spacial score (nSPS) is 10.7. The van der Waals surface area contributed by atoms with Gasteiger partial charge in [0, 0.05) is 15.1 Å². The van der Waals surface area contributed by atoms with Gasteiger partial charge in [0.25, 0.3) is 0 Å². The van der Waals surface area contributed by atoms with E-state index in [2.05, 4.69) is 37.0 Å². The molecule has 72 valence electrons. The number of nitrogens with zero attached hydrogens (tertiary/aromatic N) is 2. The maximum absolute atomic E-state index is 10.8. The van der Waals surface area contributed by atoms with Gasteiger partial charge < -0.3 is 5.11 Å². The molecule has 0 fully saturated rings. The minimum absolute atomic E-state index is 0.185. The first-order chi connectivity index (χ1) is 6.59. The third-order valence-corrected chi connectivity index (χ3v) is 2.80. The minimum atomic E-state index is -0.983. The van der Waals surface area contributed by atoms with E-state index in [1.807, 2.05) is 0 Å². The van der Waals surface area contributed by atoms with E-state index >= 15 is 0 Å². The number of hydrogen-bond donors (Lipinski definition) is 1. The first-order valence-electron chi connectivity index (χ1n) is 3.65. The number of pyridine rings is 1. The summed E-state index contributed by atoms with van der Waals surface area (Å²) in [5, 5.41) is 12.8. The molecule has 0 spiro atoms. The maximum atomic E-state index is 10.8. The van der Waals surface area contributed by atoms with E-state index in [1.54, 1.807) is 12.3 Å². The number of aromatic nitrogens is 2. The van der Waals surface area contributed by atoms with Crippen molar-refractivity contribution in [2.24, 2.45) is 0 Å². The topological polar surface area (TPSA) is 54.6 Å². The van der Waals surface area contributed by atoms with Crippen molar-refractivity contribution in [3.05, 3.63) is 33.0 Å². The van der Waals surface area contributed by atoms with Gasteiger partial charge in [-0.1, -0.05) is 0 Å². The summed E-state index contributed by atoms with van der Waals surface area (Å²) in [5.74, 6) is -0.983. The van der Waals surface area contributed by atoms with Crippen LogP contribution in [0.4, 0.5) is 0 Å². The molecule has 2 heterocycles. The Morgan fingerprint density at radius 3 is 2.86 bits per heavy atom. The zero-order valence-corrected chi connectivity index (χ0v) is 9.91. The van der Waals surface area contributed by atoms with E-state index in [0.29, 0.717) is 9.99 Å². The van der Waals surface area contributed by atoms with Crippen molar-refractivity contribution in [2.75, 3.05) is 0 Å². The van der Waals surface area contributed by atoms with Crippen LogP contribution in [0.1, 0.15) is 10.4 Å². The van der Waals surface area contributed by atoms with Crippen LogP contribution in [0.3, 0.4) is 0 Å². The molecule has 2 aromatic rings. The van der Waals surface area contributed by atoms with Crippen molar-refractivity contribution >= 4 is 43.3 Å². The van der Waals surface area contributed by atoms with Gasteiger partial charge in [-0.05, 0) is 37.9 Å². The van der Waals surface area contributed by atoms with Gasteiger partial charge in [-0.15, -0.1) is 0 Å². The molecule has 0 unspecified atom stereocenters. The monoisotopic (exact) mass is 318 g/mol. The Morgan fingerprint density at radius 1 is 1.50 bits per heavy atom. The van der Waals surface area contributed by atoms with Crippen LogP contribution in [0, 0.1) is 0 Å². The van der Waals surface area contributed by atoms with E-state index in [1.165, 1.54) is 10.7 Å². The highest BCUT2D eigenvalue weighted by molar-refractivity contribution is 9.11. The SMILES string of the molecule is O=C(O)c1cnn2cc(Br)cc(Br)c12. The number of halogens is 2. The molecule has 0 aliphatic rings. The lowest BCUT2D eigenvalue weighted by Crippen LogP contribution is -1.96. The second kappa shape index (κ2) is 3.36. The molecular weight excluding hydrogens is 316 g/mol. The van der Waals surface area contributed by atoms with Crippen LogP contribution < -0.4 is 0 Å². The van der Waals surface area contributed by atoms with Crippen LogP contribution in [0.25, 0.3) is 5.52 Å². The summed E-state index contributed by atoms with van der Waals surface area (Å²) in [6, 6.07) is 1.78. The number of rotatable bonds is 1. The zero-order valence-electron chi connectivity index (χ0n) is 6.74. The van der Waals surface area contributed by atoms with Crippen molar-refractivity contribution in [1.29, 1.82) is 0 Å². The molecule has 4 nitrogen and oxygen atoms in total. The highest BCUT2D eigenvalue weighted by Gasteiger charge is 2.13. The fraction of sp³-hybridized carbons (Fsp3) is 0. The number of carbonyl (C=O) groups is 1. The fourth-order valence-corrected chi connectivity index (χ4v) is 2.57. The summed E-state index contributed by atoms with van der Waals surface area (Å²) in [6.45, 7) is 0. The van der Waals surface area contributed by atoms with Crippen LogP contribution in [0.15, 0.2) is 27.4 Å². The van der Waals surface area contributed by atoms with E-state index in [0.717, 1.165) is 4.47 Å². The predicted octanol–water partition coefficient (Wildman–Crippen LogP) is 2.56. The lowest BCUT2D eigenvalue weighted by molar-refractivity contribution is 0.0699. The van der Waals surface area contributed by atoms with Gasteiger partial charge >= 0.3 is 5.97 Å². The van der Waals surface area contributed by atoms with Crippen molar-refractivity contribution in [2.45, 2.75) is 0 Å². The predicted molar refractivity (Wildman–Crippen MR) is 57.6 cm³/mol. The lowest BCUT2D eigenvalue weighted by atomic mass is 10.3. The van der Waals surface area contributed by atoms with E-state index in [4.69, 9.17) is 5.11 Å². The molecule has 0 atom stereocenters. The molecule has 1 N–H and O–H groups in total. The van der Waals surface area contributed by atoms with Crippen LogP contribution in [0.5, 0.6) is 0 Å². The number of aromatic carboxylic acids is 1. The van der Waals surface area contributed by atoms with Crippen LogP contribution in [0.2, 0.25) is 0 Å². The zero-order chi connectivity index (χ0) is 10.3. The Kier molecular flexibility index (Phi) is 2.32. The summed E-state index contributed by atoms with van der Waals surface area (Å²) in [5.41, 5.74) is 0.741. The van der Waals surface area contributed by atoms with Gasteiger partial charge in [-0.25, -0.2) is 9.31 Å². The average molecular weight is 320 g/mol. The molecule has 0 radical (unpaired) electrons. The molecule has 2 rings (SSSR count). The smallest absolute Gasteiger partial charge is 0.339 e. The Hall–Kier alpha value is -0.880. The van der Waals surface area contributed by atoms with E-state index < -0.39 is 5.97 Å². The van der Waals surface area contributed by atoms with Crippen LogP contribution in [-0.4, -0.2) is 20.7 Å². The Bertz CT molecular complexity index is 521. The molecule has 2 aromatic heterocycles. The minimum Gasteiger partial charge on any atom is -0.478 e. The molecular formula is C8H4Br2N2O2. The Balaban J connectivity index is 2.85. The Morgan fingerprint density at radius 2 is 2.21 bits per heavy atom. The highest BCUT2D eigenvalue weighted by atomic mass is 79.9. The summed E-state index contributed by atoms with van der Waals surface area (Å²) >= 11 is 6.58. The van der Waals surface area contributed by atoms with Crippen molar-refractivity contribution < 1.29 is 9.90 Å². The van der Waals surface area contributed by atoms with Crippen molar-refractivity contribution in [1.82, 2.24) is 9.61 Å². The van der Waals surface area contributed by atoms with Crippen molar-refractivity contribution in [3.63, 3.8) is 0 Å². The quantitative estimate of drug-likeness (QED) is 0.879. The summed E-state index contributed by atoms with van der Waals surface area (Å²) in [6.07, 6.45) is 3.03. The molecule has 0 aliphatic heterocycles. The van der Waals surface area contributed by atoms with E-state index in [-0.39, 0.29) is 5.56 Å². The molecule has 14 heavy (non-hydrogen) atoms. The second-order valence-corrected chi connectivity index (χ2v) is 4.43. The number of carboxylic acids is 1. The second-order valence-electron chi connectivity index (χ2n) is 2.66. The number of hydrogen-bond acceptors (Lipinski definition) is 2. The van der Waals surface area contributed by atoms with Gasteiger partial charge in [0.2, 0.25) is 0 Å². The lowest BCUT2D eigenvalue weighted by Gasteiger charge is -1.99. The third-order valence-electron chi connectivity index (χ3n) is 1.76. The fourth-order valence-electron chi connectivity index (χ4n) is 1.20. The third kappa shape index (κ3) is 1.44. The van der Waals surface area contributed by atoms with Gasteiger partial charge in [0.05, 0.1) is 11.7 Å². The van der Waals surface area contributed by atoms with Gasteiger partial charge in [-0.3, -0.25) is 0 Å². The van der Waals surface area contributed by atoms with Gasteiger partial charge in [0.15, 0.2) is 0 Å². The standard InChI is InChI=1S/C8H4Br2N2O2/c9-4-1-6(10)7-5(8(13)14)2-11-12(7)3-4/h1-3H,(H,13,14). The number of carboxylic acid groups (broad SMARTS) is 1. The molecule has 0 saturated heterocycles. The molecule has 0 amide bonds. The average Bonchev–Trinajstić information content (AvgIpc) is 2.47. The number of fused-ring (bicyclic) bond motifs is 1. The first-order valence-corrected chi connectivity index (χ1v) is 5.24. The summed E-state index contributed by atoms with van der Waals surface area (Å²) in [4.78, 5) is 10.8.